The summed E-state index contributed by atoms with van der Waals surface area (Å²) in [6.07, 6.45) is 4.32. The second-order valence-corrected chi connectivity index (χ2v) is 6.85. The third-order valence-electron chi connectivity index (χ3n) is 4.16. The van der Waals surface area contributed by atoms with E-state index in [9.17, 15) is 4.79 Å². The number of benzene rings is 1. The van der Waals surface area contributed by atoms with Gasteiger partial charge >= 0.3 is 0 Å². The fraction of sp³-hybridized carbons (Fsp3) is 0.562. The van der Waals surface area contributed by atoms with Gasteiger partial charge < -0.3 is 14.8 Å². The molecule has 1 aromatic carbocycles. The van der Waals surface area contributed by atoms with Crippen LogP contribution in [0.15, 0.2) is 24.3 Å². The zero-order chi connectivity index (χ0) is 14.7. The van der Waals surface area contributed by atoms with Crippen LogP contribution in [0.3, 0.4) is 0 Å². The Hall–Kier alpha value is -1.23. The highest BCUT2D eigenvalue weighted by Crippen LogP contribution is 2.31. The molecule has 0 aromatic heterocycles. The van der Waals surface area contributed by atoms with Crippen molar-refractivity contribution in [2.24, 2.45) is 5.92 Å². The Kier molecular flexibility index (Phi) is 4.68. The van der Waals surface area contributed by atoms with Crippen molar-refractivity contribution < 1.29 is 14.3 Å². The number of para-hydroxylation sites is 2. The summed E-state index contributed by atoms with van der Waals surface area (Å²) in [5, 5.41) is 3.01. The lowest BCUT2D eigenvalue weighted by molar-refractivity contribution is -0.130. The molecule has 114 valence electrons. The number of alkyl halides is 1. The molecule has 1 aliphatic carbocycles. The molecule has 3 rings (SSSR count). The first-order chi connectivity index (χ1) is 10.2. The number of fused-ring (bicyclic) bond motifs is 1. The van der Waals surface area contributed by atoms with Gasteiger partial charge in [-0.2, -0.15) is 0 Å². The summed E-state index contributed by atoms with van der Waals surface area (Å²) in [7, 11) is 0. The lowest BCUT2D eigenvalue weighted by atomic mass is 9.89. The van der Waals surface area contributed by atoms with E-state index >= 15 is 0 Å². The summed E-state index contributed by atoms with van der Waals surface area (Å²) < 4.78 is 11.3. The van der Waals surface area contributed by atoms with E-state index in [4.69, 9.17) is 9.47 Å². The Labute approximate surface area is 133 Å². The topological polar surface area (TPSA) is 47.6 Å². The van der Waals surface area contributed by atoms with E-state index in [1.165, 1.54) is 25.7 Å². The van der Waals surface area contributed by atoms with Crippen molar-refractivity contribution in [2.75, 3.05) is 13.2 Å². The second kappa shape index (κ2) is 6.69. The van der Waals surface area contributed by atoms with Gasteiger partial charge in [-0.3, -0.25) is 4.79 Å². The SMILES string of the molecule is O=C(NCC1CCCCC1Br)C1COc2ccccc2O1. The molecule has 1 aliphatic heterocycles. The van der Waals surface area contributed by atoms with E-state index in [1.807, 2.05) is 24.3 Å². The van der Waals surface area contributed by atoms with Gasteiger partial charge in [-0.15, -0.1) is 0 Å². The molecule has 3 atom stereocenters. The normalized spacial score (nSPS) is 28.0. The van der Waals surface area contributed by atoms with Gasteiger partial charge in [0.05, 0.1) is 0 Å². The molecule has 1 amide bonds. The minimum atomic E-state index is -0.558. The molecule has 1 aromatic rings. The zero-order valence-corrected chi connectivity index (χ0v) is 13.5. The van der Waals surface area contributed by atoms with Gasteiger partial charge in [-0.05, 0) is 30.9 Å². The number of carbonyl (C=O) groups is 1. The van der Waals surface area contributed by atoms with E-state index in [0.29, 0.717) is 28.8 Å². The Morgan fingerprint density at radius 1 is 1.24 bits per heavy atom. The molecule has 0 saturated heterocycles. The Balaban J connectivity index is 1.52. The third kappa shape index (κ3) is 3.51. The molecule has 21 heavy (non-hydrogen) atoms. The van der Waals surface area contributed by atoms with Gasteiger partial charge in [0.15, 0.2) is 11.5 Å². The molecule has 0 bridgehead atoms. The molecule has 1 fully saturated rings. The zero-order valence-electron chi connectivity index (χ0n) is 11.9. The molecule has 1 saturated carbocycles. The number of carbonyl (C=O) groups excluding carboxylic acids is 1. The minimum absolute atomic E-state index is 0.0882. The van der Waals surface area contributed by atoms with E-state index in [-0.39, 0.29) is 12.5 Å². The number of rotatable bonds is 3. The Bertz CT molecular complexity index is 508. The van der Waals surface area contributed by atoms with Gasteiger partial charge in [0, 0.05) is 11.4 Å². The van der Waals surface area contributed by atoms with E-state index in [2.05, 4.69) is 21.2 Å². The van der Waals surface area contributed by atoms with Crippen LogP contribution in [0.1, 0.15) is 25.7 Å². The Morgan fingerprint density at radius 2 is 2.00 bits per heavy atom. The molecule has 4 nitrogen and oxygen atoms in total. The molecule has 0 spiro atoms. The maximum absolute atomic E-state index is 12.2. The summed E-state index contributed by atoms with van der Waals surface area (Å²) in [5.41, 5.74) is 0. The lowest BCUT2D eigenvalue weighted by Gasteiger charge is -2.29. The maximum Gasteiger partial charge on any atom is 0.264 e. The van der Waals surface area contributed by atoms with Gasteiger partial charge in [0.25, 0.3) is 5.91 Å². The van der Waals surface area contributed by atoms with E-state index < -0.39 is 6.10 Å². The molecule has 0 radical (unpaired) electrons. The van der Waals surface area contributed by atoms with Crippen LogP contribution in [0, 0.1) is 5.92 Å². The predicted octanol–water partition coefficient (Wildman–Crippen LogP) is 2.90. The van der Waals surface area contributed by atoms with Crippen LogP contribution in [0.5, 0.6) is 11.5 Å². The van der Waals surface area contributed by atoms with Crippen molar-refractivity contribution in [3.8, 4) is 11.5 Å². The van der Waals surface area contributed by atoms with Gasteiger partial charge in [0.2, 0.25) is 6.10 Å². The van der Waals surface area contributed by atoms with Crippen molar-refractivity contribution in [1.29, 1.82) is 0 Å². The quantitative estimate of drug-likeness (QED) is 0.850. The van der Waals surface area contributed by atoms with Crippen molar-refractivity contribution in [2.45, 2.75) is 36.6 Å². The summed E-state index contributed by atoms with van der Waals surface area (Å²) in [4.78, 5) is 12.7. The smallest absolute Gasteiger partial charge is 0.264 e. The first kappa shape index (κ1) is 14.7. The minimum Gasteiger partial charge on any atom is -0.485 e. The lowest BCUT2D eigenvalue weighted by Crippen LogP contribution is -2.46. The first-order valence-electron chi connectivity index (χ1n) is 7.54. The van der Waals surface area contributed by atoms with Crippen LogP contribution in [0.4, 0.5) is 0 Å². The van der Waals surface area contributed by atoms with Crippen LogP contribution in [0.2, 0.25) is 0 Å². The highest BCUT2D eigenvalue weighted by molar-refractivity contribution is 9.09. The number of hydrogen-bond acceptors (Lipinski definition) is 3. The number of nitrogens with one attached hydrogen (secondary N) is 1. The van der Waals surface area contributed by atoms with Crippen molar-refractivity contribution >= 4 is 21.8 Å². The van der Waals surface area contributed by atoms with Gasteiger partial charge in [0.1, 0.15) is 6.61 Å². The fourth-order valence-corrected chi connectivity index (χ4v) is 3.66. The first-order valence-corrected chi connectivity index (χ1v) is 8.46. The van der Waals surface area contributed by atoms with Crippen LogP contribution in [-0.2, 0) is 4.79 Å². The molecule has 2 aliphatic rings. The number of ether oxygens (including phenoxy) is 2. The number of halogens is 1. The van der Waals surface area contributed by atoms with Gasteiger partial charge in [-0.25, -0.2) is 0 Å². The largest absolute Gasteiger partial charge is 0.485 e. The molecular formula is C16H20BrNO3. The Morgan fingerprint density at radius 3 is 2.81 bits per heavy atom. The van der Waals surface area contributed by atoms with Crippen molar-refractivity contribution in [3.05, 3.63) is 24.3 Å². The van der Waals surface area contributed by atoms with Crippen LogP contribution in [-0.4, -0.2) is 30.0 Å². The standard InChI is InChI=1S/C16H20BrNO3/c17-12-6-2-1-5-11(12)9-18-16(19)15-10-20-13-7-3-4-8-14(13)21-15/h3-4,7-8,11-12,15H,1-2,5-6,9-10H2,(H,18,19). The summed E-state index contributed by atoms with van der Waals surface area (Å²) in [5.74, 6) is 1.77. The number of amides is 1. The fourth-order valence-electron chi connectivity index (χ4n) is 2.89. The molecule has 3 unspecified atom stereocenters. The van der Waals surface area contributed by atoms with Gasteiger partial charge in [-0.1, -0.05) is 40.9 Å². The summed E-state index contributed by atoms with van der Waals surface area (Å²) in [6.45, 7) is 0.974. The second-order valence-electron chi connectivity index (χ2n) is 5.67. The van der Waals surface area contributed by atoms with Crippen molar-refractivity contribution in [1.82, 2.24) is 5.32 Å². The molecule has 1 heterocycles. The third-order valence-corrected chi connectivity index (χ3v) is 5.36. The molecule has 5 heteroatoms. The summed E-state index contributed by atoms with van der Waals surface area (Å²) in [6, 6.07) is 7.44. The van der Waals surface area contributed by atoms with Crippen molar-refractivity contribution in [3.63, 3.8) is 0 Å². The summed E-state index contributed by atoms with van der Waals surface area (Å²) >= 11 is 3.71. The molecular weight excluding hydrogens is 334 g/mol. The highest BCUT2D eigenvalue weighted by atomic mass is 79.9. The predicted molar refractivity (Wildman–Crippen MR) is 84.0 cm³/mol. The van der Waals surface area contributed by atoms with Crippen LogP contribution in [0.25, 0.3) is 0 Å². The van der Waals surface area contributed by atoms with Crippen LogP contribution < -0.4 is 14.8 Å². The highest BCUT2D eigenvalue weighted by Gasteiger charge is 2.29. The number of hydrogen-bond donors (Lipinski definition) is 1. The van der Waals surface area contributed by atoms with Crippen LogP contribution >= 0.6 is 15.9 Å². The average molecular weight is 354 g/mol. The monoisotopic (exact) mass is 353 g/mol. The van der Waals surface area contributed by atoms with E-state index in [0.717, 1.165) is 0 Å². The molecule has 1 N–H and O–H groups in total. The maximum atomic E-state index is 12.2. The van der Waals surface area contributed by atoms with E-state index in [1.54, 1.807) is 0 Å². The average Bonchev–Trinajstić information content (AvgIpc) is 2.53.